The Balaban J connectivity index is 2.39. The number of hydrogen-bond donors (Lipinski definition) is 0. The molecule has 4 heteroatoms. The van der Waals surface area contributed by atoms with Crippen LogP contribution in [0.4, 0.5) is 0 Å². The number of Topliss-reactive ketones (excluding diaryl/α,β-unsaturated/α-hetero) is 2. The molecule has 0 aliphatic heterocycles. The summed E-state index contributed by atoms with van der Waals surface area (Å²) < 4.78 is 4.53. The van der Waals surface area contributed by atoms with Gasteiger partial charge in [-0.3, -0.25) is 9.59 Å². The van der Waals surface area contributed by atoms with Crippen LogP contribution in [0.2, 0.25) is 0 Å². The highest BCUT2D eigenvalue weighted by Gasteiger charge is 2.19. The predicted molar refractivity (Wildman–Crippen MR) is 62.3 cm³/mol. The molecule has 1 aliphatic carbocycles. The van der Waals surface area contributed by atoms with Crippen LogP contribution < -0.4 is 0 Å². The van der Waals surface area contributed by atoms with Crippen LogP contribution in [0.5, 0.6) is 0 Å². The zero-order valence-electron chi connectivity index (χ0n) is 9.90. The van der Waals surface area contributed by atoms with E-state index in [0.29, 0.717) is 0 Å². The molecule has 17 heavy (non-hydrogen) atoms. The van der Waals surface area contributed by atoms with E-state index in [-0.39, 0.29) is 25.2 Å². The van der Waals surface area contributed by atoms with Crippen LogP contribution in [-0.4, -0.2) is 24.1 Å². The summed E-state index contributed by atoms with van der Waals surface area (Å²) in [4.78, 5) is 33.8. The summed E-state index contributed by atoms with van der Waals surface area (Å²) in [7, 11) is 0. The highest BCUT2D eigenvalue weighted by molar-refractivity contribution is 6.37. The second-order valence-corrected chi connectivity index (χ2v) is 3.79. The lowest BCUT2D eigenvalue weighted by Gasteiger charge is -2.05. The van der Waals surface area contributed by atoms with Gasteiger partial charge in [0.25, 0.3) is 0 Å². The van der Waals surface area contributed by atoms with Crippen molar-refractivity contribution in [3.63, 3.8) is 0 Å². The summed E-state index contributed by atoms with van der Waals surface area (Å²) in [5, 5.41) is 0. The van der Waals surface area contributed by atoms with Crippen LogP contribution in [0.25, 0.3) is 0 Å². The Morgan fingerprint density at radius 2 is 2.06 bits per heavy atom. The molecule has 0 amide bonds. The van der Waals surface area contributed by atoms with Crippen LogP contribution in [0.15, 0.2) is 23.8 Å². The molecule has 0 N–H and O–H groups in total. The van der Waals surface area contributed by atoms with Crippen molar-refractivity contribution in [3.8, 4) is 0 Å². The molecule has 0 unspecified atom stereocenters. The Bertz CT molecular complexity index is 377. The molecule has 0 heterocycles. The summed E-state index contributed by atoms with van der Waals surface area (Å²) >= 11 is 0. The third-order valence-corrected chi connectivity index (χ3v) is 2.33. The van der Waals surface area contributed by atoms with Crippen LogP contribution >= 0.6 is 0 Å². The average molecular weight is 236 g/mol. The van der Waals surface area contributed by atoms with E-state index in [1.807, 2.05) is 18.2 Å². The van der Waals surface area contributed by atoms with E-state index in [1.165, 1.54) is 0 Å². The topological polar surface area (TPSA) is 60.4 Å². The summed E-state index contributed by atoms with van der Waals surface area (Å²) in [6.07, 6.45) is 7.61. The summed E-state index contributed by atoms with van der Waals surface area (Å²) in [5.41, 5.74) is 0.915. The van der Waals surface area contributed by atoms with Gasteiger partial charge in [-0.05, 0) is 25.3 Å². The number of hydrogen-bond acceptors (Lipinski definition) is 4. The largest absolute Gasteiger partial charge is 0.460 e. The van der Waals surface area contributed by atoms with Crippen molar-refractivity contribution in [2.45, 2.75) is 32.6 Å². The number of rotatable bonds is 6. The molecule has 0 aromatic carbocycles. The molecule has 4 nitrogen and oxygen atoms in total. The fourth-order valence-electron chi connectivity index (χ4n) is 1.55. The van der Waals surface area contributed by atoms with Crippen LogP contribution in [0, 0.1) is 0 Å². The normalized spacial score (nSPS) is 14.1. The molecule has 0 saturated heterocycles. The first kappa shape index (κ1) is 13.4. The Labute approximate surface area is 100 Å². The summed E-state index contributed by atoms with van der Waals surface area (Å²) in [6.45, 7) is 1.76. The number of carbonyl (C=O) groups is 3. The Morgan fingerprint density at radius 1 is 1.29 bits per heavy atom. The minimum atomic E-state index is -0.922. The van der Waals surface area contributed by atoms with E-state index in [1.54, 1.807) is 6.92 Å². The van der Waals surface area contributed by atoms with Crippen LogP contribution in [-0.2, 0) is 19.1 Å². The Kier molecular flexibility index (Phi) is 5.33. The molecule has 92 valence electrons. The highest BCUT2D eigenvalue weighted by atomic mass is 16.5. The standard InChI is InChI=1S/C13H16O4/c1-2-17-13(16)12(15)9-11(14)8-10-6-4-3-5-7-10/h4,6-7H,2-3,5,8-9H2,1H3. The lowest BCUT2D eigenvalue weighted by molar-refractivity contribution is -0.154. The molecule has 0 spiro atoms. The van der Waals surface area contributed by atoms with Gasteiger partial charge in [-0.25, -0.2) is 4.79 Å². The first-order valence-electron chi connectivity index (χ1n) is 5.70. The van der Waals surface area contributed by atoms with Crippen LogP contribution in [0.3, 0.4) is 0 Å². The van der Waals surface area contributed by atoms with Gasteiger partial charge in [0, 0.05) is 6.42 Å². The van der Waals surface area contributed by atoms with Gasteiger partial charge < -0.3 is 4.74 Å². The van der Waals surface area contributed by atoms with Crippen molar-refractivity contribution >= 4 is 17.5 Å². The monoisotopic (exact) mass is 236 g/mol. The van der Waals surface area contributed by atoms with Crippen molar-refractivity contribution in [1.29, 1.82) is 0 Å². The molecular formula is C13H16O4. The van der Waals surface area contributed by atoms with E-state index < -0.39 is 11.8 Å². The maximum Gasteiger partial charge on any atom is 0.375 e. The number of allylic oxidation sites excluding steroid dienone is 4. The smallest absolute Gasteiger partial charge is 0.375 e. The third kappa shape index (κ3) is 4.76. The lowest BCUT2D eigenvalue weighted by Crippen LogP contribution is -2.20. The minimum absolute atomic E-state index is 0.145. The van der Waals surface area contributed by atoms with Gasteiger partial charge >= 0.3 is 5.97 Å². The van der Waals surface area contributed by atoms with Crippen LogP contribution in [0.1, 0.15) is 32.6 Å². The van der Waals surface area contributed by atoms with E-state index >= 15 is 0 Å². The van der Waals surface area contributed by atoms with Gasteiger partial charge in [0.1, 0.15) is 5.78 Å². The number of ether oxygens (including phenoxy) is 1. The lowest BCUT2D eigenvalue weighted by atomic mass is 10.00. The fourth-order valence-corrected chi connectivity index (χ4v) is 1.55. The third-order valence-electron chi connectivity index (χ3n) is 2.33. The van der Waals surface area contributed by atoms with Crippen molar-refractivity contribution in [1.82, 2.24) is 0 Å². The molecule has 1 rings (SSSR count). The predicted octanol–water partition coefficient (Wildman–Crippen LogP) is 1.74. The van der Waals surface area contributed by atoms with E-state index in [4.69, 9.17) is 0 Å². The molecule has 0 atom stereocenters. The van der Waals surface area contributed by atoms with Gasteiger partial charge in [0.2, 0.25) is 5.78 Å². The molecule has 0 radical (unpaired) electrons. The van der Waals surface area contributed by atoms with Gasteiger partial charge in [-0.2, -0.15) is 0 Å². The van der Waals surface area contributed by atoms with Crippen molar-refractivity contribution in [2.24, 2.45) is 0 Å². The van der Waals surface area contributed by atoms with Gasteiger partial charge in [-0.15, -0.1) is 0 Å². The molecular weight excluding hydrogens is 220 g/mol. The van der Waals surface area contributed by atoms with Crippen molar-refractivity contribution < 1.29 is 19.1 Å². The maximum absolute atomic E-state index is 11.5. The SMILES string of the molecule is CCOC(=O)C(=O)CC(=O)CC1=CCCC=C1. The Hall–Kier alpha value is -1.71. The van der Waals surface area contributed by atoms with E-state index in [2.05, 4.69) is 4.74 Å². The summed E-state index contributed by atoms with van der Waals surface area (Å²) in [6, 6.07) is 0. The molecule has 1 aliphatic rings. The number of carbonyl (C=O) groups excluding carboxylic acids is 3. The Morgan fingerprint density at radius 3 is 2.65 bits per heavy atom. The minimum Gasteiger partial charge on any atom is -0.460 e. The number of ketones is 2. The second kappa shape index (κ2) is 6.78. The molecule has 0 aromatic heterocycles. The van der Waals surface area contributed by atoms with E-state index in [0.717, 1.165) is 18.4 Å². The molecule has 0 saturated carbocycles. The molecule has 0 bridgehead atoms. The molecule has 0 aromatic rings. The highest BCUT2D eigenvalue weighted by Crippen LogP contribution is 2.14. The maximum atomic E-state index is 11.5. The second-order valence-electron chi connectivity index (χ2n) is 3.79. The van der Waals surface area contributed by atoms with Gasteiger partial charge in [0.05, 0.1) is 13.0 Å². The van der Waals surface area contributed by atoms with E-state index in [9.17, 15) is 14.4 Å². The first-order chi connectivity index (χ1) is 8.13. The van der Waals surface area contributed by atoms with Crippen molar-refractivity contribution in [3.05, 3.63) is 23.8 Å². The fraction of sp³-hybridized carbons (Fsp3) is 0.462. The van der Waals surface area contributed by atoms with Gasteiger partial charge in [0.15, 0.2) is 0 Å². The van der Waals surface area contributed by atoms with Crippen molar-refractivity contribution in [2.75, 3.05) is 6.61 Å². The average Bonchev–Trinajstić information content (AvgIpc) is 2.30. The first-order valence-corrected chi connectivity index (χ1v) is 5.70. The van der Waals surface area contributed by atoms with Gasteiger partial charge in [-0.1, -0.05) is 18.2 Å². The summed E-state index contributed by atoms with van der Waals surface area (Å²) in [5.74, 6) is -1.94. The zero-order chi connectivity index (χ0) is 12.7. The molecule has 0 fully saturated rings. The zero-order valence-corrected chi connectivity index (χ0v) is 9.90. The number of esters is 1. The quantitative estimate of drug-likeness (QED) is 0.400.